The number of carboxylic acid groups (broad SMARTS) is 1. The van der Waals surface area contributed by atoms with Gasteiger partial charge < -0.3 is 9.84 Å². The molecule has 0 radical (unpaired) electrons. The van der Waals surface area contributed by atoms with Crippen LogP contribution in [0.4, 0.5) is 0 Å². The van der Waals surface area contributed by atoms with Gasteiger partial charge in [0.25, 0.3) is 0 Å². The predicted octanol–water partition coefficient (Wildman–Crippen LogP) is 3.32. The monoisotopic (exact) mass is 277 g/mol. The van der Waals surface area contributed by atoms with Crippen molar-refractivity contribution in [2.45, 2.75) is 13.5 Å². The summed E-state index contributed by atoms with van der Waals surface area (Å²) in [6, 6.07) is 8.16. The molecule has 1 aromatic carbocycles. The minimum atomic E-state index is -1.02. The van der Waals surface area contributed by atoms with Crippen LogP contribution in [0.25, 0.3) is 0 Å². The highest BCUT2D eigenvalue weighted by molar-refractivity contribution is 6.32. The highest BCUT2D eigenvalue weighted by Gasteiger charge is 2.08. The molecule has 19 heavy (non-hydrogen) atoms. The van der Waals surface area contributed by atoms with Crippen LogP contribution in [-0.2, 0) is 6.61 Å². The van der Waals surface area contributed by atoms with Gasteiger partial charge in [0.15, 0.2) is 0 Å². The molecule has 0 fully saturated rings. The molecule has 0 bridgehead atoms. The van der Waals surface area contributed by atoms with Gasteiger partial charge in [0, 0.05) is 6.20 Å². The van der Waals surface area contributed by atoms with Gasteiger partial charge >= 0.3 is 5.97 Å². The van der Waals surface area contributed by atoms with Gasteiger partial charge in [0.2, 0.25) is 0 Å². The fourth-order valence-corrected chi connectivity index (χ4v) is 1.80. The Morgan fingerprint density at radius 1 is 1.42 bits per heavy atom. The lowest BCUT2D eigenvalue weighted by atomic mass is 10.2. The maximum Gasteiger partial charge on any atom is 0.335 e. The molecule has 0 amide bonds. The molecule has 1 N–H and O–H groups in total. The van der Waals surface area contributed by atoms with E-state index in [0.29, 0.717) is 12.4 Å². The number of aryl methyl sites for hydroxylation is 1. The first-order valence-electron chi connectivity index (χ1n) is 5.64. The van der Waals surface area contributed by atoms with Crippen LogP contribution in [0.15, 0.2) is 36.5 Å². The Morgan fingerprint density at radius 3 is 2.84 bits per heavy atom. The van der Waals surface area contributed by atoms with Crippen LogP contribution in [0.1, 0.15) is 21.6 Å². The van der Waals surface area contributed by atoms with Crippen molar-refractivity contribution in [1.82, 2.24) is 4.98 Å². The van der Waals surface area contributed by atoms with Crippen LogP contribution in [0.3, 0.4) is 0 Å². The molecule has 1 heterocycles. The zero-order valence-corrected chi connectivity index (χ0v) is 11.0. The van der Waals surface area contributed by atoms with Crippen LogP contribution in [0.2, 0.25) is 5.02 Å². The third-order valence-corrected chi connectivity index (χ3v) is 2.96. The second kappa shape index (κ2) is 5.71. The third-order valence-electron chi connectivity index (χ3n) is 2.66. The minimum Gasteiger partial charge on any atom is -0.486 e. The van der Waals surface area contributed by atoms with Gasteiger partial charge in [-0.2, -0.15) is 0 Å². The van der Waals surface area contributed by atoms with E-state index in [2.05, 4.69) is 4.98 Å². The third kappa shape index (κ3) is 3.23. The largest absolute Gasteiger partial charge is 0.486 e. The molecule has 0 aliphatic rings. The van der Waals surface area contributed by atoms with Crippen molar-refractivity contribution in [2.24, 2.45) is 0 Å². The van der Waals surface area contributed by atoms with E-state index in [1.165, 1.54) is 12.1 Å². The smallest absolute Gasteiger partial charge is 0.335 e. The lowest BCUT2D eigenvalue weighted by Gasteiger charge is -2.09. The summed E-state index contributed by atoms with van der Waals surface area (Å²) in [5, 5.41) is 9.11. The number of aromatic nitrogens is 1. The first-order valence-corrected chi connectivity index (χ1v) is 6.02. The van der Waals surface area contributed by atoms with Crippen molar-refractivity contribution in [3.63, 3.8) is 0 Å². The van der Waals surface area contributed by atoms with Crippen molar-refractivity contribution in [1.29, 1.82) is 0 Å². The molecule has 0 aliphatic carbocycles. The maximum absolute atomic E-state index is 10.8. The van der Waals surface area contributed by atoms with Gasteiger partial charge in [0.05, 0.1) is 16.3 Å². The topological polar surface area (TPSA) is 59.4 Å². The molecular weight excluding hydrogens is 266 g/mol. The number of rotatable bonds is 4. The zero-order chi connectivity index (χ0) is 13.8. The Kier molecular flexibility index (Phi) is 4.02. The van der Waals surface area contributed by atoms with Crippen LogP contribution < -0.4 is 4.74 Å². The van der Waals surface area contributed by atoms with Gasteiger partial charge in [0.1, 0.15) is 12.4 Å². The number of ether oxygens (including phenoxy) is 1. The lowest BCUT2D eigenvalue weighted by molar-refractivity contribution is 0.0697. The summed E-state index contributed by atoms with van der Waals surface area (Å²) in [4.78, 5) is 15.0. The summed E-state index contributed by atoms with van der Waals surface area (Å²) in [6.45, 7) is 2.24. The average molecular weight is 278 g/mol. The molecule has 0 saturated heterocycles. The quantitative estimate of drug-likeness (QED) is 0.931. The first-order chi connectivity index (χ1) is 9.08. The number of pyridine rings is 1. The summed E-state index contributed by atoms with van der Waals surface area (Å²) in [5.74, 6) is -0.578. The van der Waals surface area contributed by atoms with E-state index in [1.807, 2.05) is 19.1 Å². The summed E-state index contributed by atoms with van der Waals surface area (Å²) in [6.07, 6.45) is 1.70. The fourth-order valence-electron chi connectivity index (χ4n) is 1.57. The van der Waals surface area contributed by atoms with E-state index in [9.17, 15) is 4.79 Å². The van der Waals surface area contributed by atoms with E-state index in [1.54, 1.807) is 12.3 Å². The molecule has 2 rings (SSSR count). The molecule has 0 saturated carbocycles. The van der Waals surface area contributed by atoms with Gasteiger partial charge in [-0.1, -0.05) is 17.7 Å². The normalized spacial score (nSPS) is 10.2. The number of hydrogen-bond acceptors (Lipinski definition) is 3. The van der Waals surface area contributed by atoms with Crippen LogP contribution in [-0.4, -0.2) is 16.1 Å². The van der Waals surface area contributed by atoms with Crippen LogP contribution in [0, 0.1) is 6.92 Å². The number of nitrogens with zero attached hydrogens (tertiary/aromatic N) is 1. The highest BCUT2D eigenvalue weighted by Crippen LogP contribution is 2.26. The molecule has 0 unspecified atom stereocenters. The summed E-state index contributed by atoms with van der Waals surface area (Å²) in [7, 11) is 0. The molecule has 5 heteroatoms. The summed E-state index contributed by atoms with van der Waals surface area (Å²) >= 11 is 5.97. The van der Waals surface area contributed by atoms with Gasteiger partial charge in [-0.3, -0.25) is 4.98 Å². The van der Waals surface area contributed by atoms with Crippen molar-refractivity contribution in [2.75, 3.05) is 0 Å². The number of benzene rings is 1. The van der Waals surface area contributed by atoms with Crippen molar-refractivity contribution < 1.29 is 14.6 Å². The predicted molar refractivity (Wildman–Crippen MR) is 71.7 cm³/mol. The number of hydrogen-bond donors (Lipinski definition) is 1. The average Bonchev–Trinajstić information content (AvgIpc) is 2.39. The molecule has 1 aromatic heterocycles. The van der Waals surface area contributed by atoms with E-state index >= 15 is 0 Å². The molecule has 4 nitrogen and oxygen atoms in total. The van der Waals surface area contributed by atoms with E-state index in [4.69, 9.17) is 21.4 Å². The fraction of sp³-hybridized carbons (Fsp3) is 0.143. The van der Waals surface area contributed by atoms with E-state index in [-0.39, 0.29) is 10.6 Å². The number of halogens is 1. The molecule has 0 spiro atoms. The lowest BCUT2D eigenvalue weighted by Crippen LogP contribution is -2.02. The number of carboxylic acids is 1. The van der Waals surface area contributed by atoms with Crippen molar-refractivity contribution >= 4 is 17.6 Å². The minimum absolute atomic E-state index is 0.131. The summed E-state index contributed by atoms with van der Waals surface area (Å²) < 4.78 is 5.55. The molecule has 0 atom stereocenters. The standard InChI is InChI=1S/C14H12ClNO3/c1-9-3-2-6-16-12(9)8-19-13-5-4-10(14(17)18)7-11(13)15/h2-7H,8H2,1H3,(H,17,18). The number of aromatic carboxylic acids is 1. The van der Waals surface area contributed by atoms with Gasteiger partial charge in [-0.15, -0.1) is 0 Å². The highest BCUT2D eigenvalue weighted by atomic mass is 35.5. The van der Waals surface area contributed by atoms with Crippen molar-refractivity contribution in [3.05, 3.63) is 58.4 Å². The van der Waals surface area contributed by atoms with E-state index < -0.39 is 5.97 Å². The maximum atomic E-state index is 10.8. The van der Waals surface area contributed by atoms with Gasteiger partial charge in [-0.25, -0.2) is 4.79 Å². The second-order valence-corrected chi connectivity index (χ2v) is 4.41. The Labute approximate surface area is 115 Å². The Bertz CT molecular complexity index is 613. The summed E-state index contributed by atoms with van der Waals surface area (Å²) in [5.41, 5.74) is 1.98. The SMILES string of the molecule is Cc1cccnc1COc1ccc(C(=O)O)cc1Cl. The zero-order valence-electron chi connectivity index (χ0n) is 10.3. The Hall–Kier alpha value is -2.07. The first kappa shape index (κ1) is 13.4. The number of carbonyl (C=O) groups is 1. The van der Waals surface area contributed by atoms with Crippen LogP contribution >= 0.6 is 11.6 Å². The Morgan fingerprint density at radius 2 is 2.21 bits per heavy atom. The van der Waals surface area contributed by atoms with Crippen LogP contribution in [0.5, 0.6) is 5.75 Å². The molecule has 0 aliphatic heterocycles. The molecule has 2 aromatic rings. The second-order valence-electron chi connectivity index (χ2n) is 4.01. The van der Waals surface area contributed by atoms with Gasteiger partial charge in [-0.05, 0) is 36.8 Å². The van der Waals surface area contributed by atoms with Crippen molar-refractivity contribution in [3.8, 4) is 5.75 Å². The Balaban J connectivity index is 2.12. The molecular formula is C14H12ClNO3. The molecule has 98 valence electrons. The van der Waals surface area contributed by atoms with E-state index in [0.717, 1.165) is 11.3 Å².